The van der Waals surface area contributed by atoms with Crippen LogP contribution in [0.4, 0.5) is 10.1 Å². The molecule has 27 heavy (non-hydrogen) atoms. The number of nitrogens with zero attached hydrogens (tertiary/aromatic N) is 2. The van der Waals surface area contributed by atoms with E-state index < -0.39 is 5.82 Å². The normalized spacial score (nSPS) is 14.9. The fraction of sp³-hybridized carbons (Fsp3) is 0.286. The molecule has 1 fully saturated rings. The van der Waals surface area contributed by atoms with Crippen LogP contribution in [0, 0.1) is 11.7 Å². The van der Waals surface area contributed by atoms with Crippen LogP contribution in [0.25, 0.3) is 11.5 Å². The number of nitrogens with two attached hydrogens (primary N) is 1. The van der Waals surface area contributed by atoms with Gasteiger partial charge >= 0.3 is 0 Å². The van der Waals surface area contributed by atoms with Gasteiger partial charge in [-0.15, -0.1) is 0 Å². The zero-order valence-corrected chi connectivity index (χ0v) is 15.0. The molecule has 138 valence electrons. The van der Waals surface area contributed by atoms with E-state index in [1.165, 1.54) is 12.1 Å². The summed E-state index contributed by atoms with van der Waals surface area (Å²) in [6, 6.07) is 12.0. The van der Waals surface area contributed by atoms with Crippen LogP contribution in [0.1, 0.15) is 53.8 Å². The van der Waals surface area contributed by atoms with E-state index in [2.05, 4.69) is 10.1 Å². The molecule has 1 atom stereocenters. The van der Waals surface area contributed by atoms with Gasteiger partial charge in [0.25, 0.3) is 5.89 Å². The Labute approximate surface area is 156 Å². The molecule has 0 saturated heterocycles. The van der Waals surface area contributed by atoms with Crippen LogP contribution in [-0.4, -0.2) is 15.9 Å². The highest BCUT2D eigenvalue weighted by Crippen LogP contribution is 2.34. The summed E-state index contributed by atoms with van der Waals surface area (Å²) in [7, 11) is 0. The Morgan fingerprint density at radius 3 is 2.63 bits per heavy atom. The average molecular weight is 365 g/mol. The summed E-state index contributed by atoms with van der Waals surface area (Å²) >= 11 is 0. The van der Waals surface area contributed by atoms with Crippen LogP contribution in [0.2, 0.25) is 0 Å². The number of rotatable bonds is 6. The highest BCUT2D eigenvalue weighted by atomic mass is 19.1. The molecule has 2 aromatic carbocycles. The van der Waals surface area contributed by atoms with E-state index in [9.17, 15) is 9.18 Å². The third-order valence-corrected chi connectivity index (χ3v) is 4.95. The first-order valence-electron chi connectivity index (χ1n) is 9.10. The summed E-state index contributed by atoms with van der Waals surface area (Å²) in [5, 5.41) is 4.08. The van der Waals surface area contributed by atoms with E-state index >= 15 is 0 Å². The molecular formula is C21H20FN3O2. The fourth-order valence-corrected chi connectivity index (χ4v) is 3.18. The Bertz CT molecular complexity index is 977. The van der Waals surface area contributed by atoms with Crippen molar-refractivity contribution in [1.82, 2.24) is 10.1 Å². The van der Waals surface area contributed by atoms with Gasteiger partial charge in [0.2, 0.25) is 0 Å². The van der Waals surface area contributed by atoms with Gasteiger partial charge in [-0.05, 0) is 43.0 Å². The molecule has 1 aliphatic rings. The van der Waals surface area contributed by atoms with Gasteiger partial charge in [0.1, 0.15) is 5.82 Å². The fourth-order valence-electron chi connectivity index (χ4n) is 3.18. The lowest BCUT2D eigenvalue weighted by atomic mass is 9.94. The minimum absolute atomic E-state index is 0.0637. The van der Waals surface area contributed by atoms with Crippen molar-refractivity contribution in [3.63, 3.8) is 0 Å². The molecule has 0 aliphatic heterocycles. The first-order valence-corrected chi connectivity index (χ1v) is 9.10. The number of benzene rings is 2. The summed E-state index contributed by atoms with van der Waals surface area (Å²) in [6.07, 6.45) is 2.76. The third kappa shape index (κ3) is 3.47. The lowest BCUT2D eigenvalue weighted by molar-refractivity contribution is 0.0967. The lowest BCUT2D eigenvalue weighted by Crippen LogP contribution is -2.05. The highest BCUT2D eigenvalue weighted by molar-refractivity contribution is 5.99. The molecule has 0 amide bonds. The predicted molar refractivity (Wildman–Crippen MR) is 99.7 cm³/mol. The SMILES string of the molecule is CCC(c1ccc(C(=O)C2CC2)cc1)c1noc(-c2ccc(N)c(F)c2)n1. The number of carbonyl (C=O) groups is 1. The van der Waals surface area contributed by atoms with Crippen molar-refractivity contribution in [2.45, 2.75) is 32.1 Å². The number of aromatic nitrogens is 2. The topological polar surface area (TPSA) is 82.0 Å². The van der Waals surface area contributed by atoms with E-state index in [-0.39, 0.29) is 29.2 Å². The molecule has 1 unspecified atom stereocenters. The summed E-state index contributed by atoms with van der Waals surface area (Å²) in [5.41, 5.74) is 7.84. The number of halogens is 1. The van der Waals surface area contributed by atoms with Gasteiger partial charge in [0, 0.05) is 23.0 Å². The van der Waals surface area contributed by atoms with E-state index in [0.717, 1.165) is 30.4 Å². The van der Waals surface area contributed by atoms with Gasteiger partial charge in [0.15, 0.2) is 11.6 Å². The summed E-state index contributed by atoms with van der Waals surface area (Å²) in [5.74, 6) is 0.634. The number of nitrogen functional groups attached to an aromatic ring is 1. The van der Waals surface area contributed by atoms with Crippen molar-refractivity contribution in [1.29, 1.82) is 0 Å². The van der Waals surface area contributed by atoms with Crippen LogP contribution in [0.3, 0.4) is 0 Å². The van der Waals surface area contributed by atoms with Gasteiger partial charge in [-0.3, -0.25) is 4.79 Å². The molecule has 6 heteroatoms. The molecule has 1 heterocycles. The maximum Gasteiger partial charge on any atom is 0.258 e. The van der Waals surface area contributed by atoms with Crippen LogP contribution in [-0.2, 0) is 0 Å². The van der Waals surface area contributed by atoms with Crippen molar-refractivity contribution in [2.75, 3.05) is 5.73 Å². The van der Waals surface area contributed by atoms with Crippen molar-refractivity contribution in [3.05, 3.63) is 65.2 Å². The van der Waals surface area contributed by atoms with Crippen LogP contribution < -0.4 is 5.73 Å². The number of ketones is 1. The Kier molecular flexibility index (Phi) is 4.48. The number of anilines is 1. The first-order chi connectivity index (χ1) is 13.1. The molecule has 0 bridgehead atoms. The Morgan fingerprint density at radius 2 is 2.00 bits per heavy atom. The van der Waals surface area contributed by atoms with Gasteiger partial charge in [-0.1, -0.05) is 36.3 Å². The smallest absolute Gasteiger partial charge is 0.258 e. The van der Waals surface area contributed by atoms with E-state index in [0.29, 0.717) is 11.4 Å². The lowest BCUT2D eigenvalue weighted by Gasteiger charge is -2.11. The molecule has 2 N–H and O–H groups in total. The largest absolute Gasteiger partial charge is 0.396 e. The highest BCUT2D eigenvalue weighted by Gasteiger charge is 2.30. The Balaban J connectivity index is 1.58. The predicted octanol–water partition coefficient (Wildman–Crippen LogP) is 4.59. The standard InChI is InChI=1S/C21H20FN3O2/c1-2-16(12-3-5-13(6-4-12)19(26)14-7-8-14)20-24-21(27-25-20)15-9-10-18(23)17(22)11-15/h3-6,9-11,14,16H,2,7-8,23H2,1H3. The first kappa shape index (κ1) is 17.4. The molecule has 1 aliphatic carbocycles. The molecule has 1 aromatic heterocycles. The number of Topliss-reactive ketones (excluding diaryl/α,β-unsaturated/α-hetero) is 1. The number of hydrogen-bond donors (Lipinski definition) is 1. The minimum Gasteiger partial charge on any atom is -0.396 e. The monoisotopic (exact) mass is 365 g/mol. The van der Waals surface area contributed by atoms with Crippen molar-refractivity contribution in [3.8, 4) is 11.5 Å². The van der Waals surface area contributed by atoms with Crippen molar-refractivity contribution in [2.24, 2.45) is 5.92 Å². The molecular weight excluding hydrogens is 345 g/mol. The second-order valence-corrected chi connectivity index (χ2v) is 6.92. The Hall–Kier alpha value is -3.02. The van der Waals surface area contributed by atoms with Gasteiger partial charge < -0.3 is 10.3 Å². The Morgan fingerprint density at radius 1 is 1.26 bits per heavy atom. The molecule has 1 saturated carbocycles. The van der Waals surface area contributed by atoms with E-state index in [4.69, 9.17) is 10.3 Å². The van der Waals surface area contributed by atoms with Crippen molar-refractivity contribution < 1.29 is 13.7 Å². The summed E-state index contributed by atoms with van der Waals surface area (Å²) in [6.45, 7) is 2.03. The van der Waals surface area contributed by atoms with Crippen molar-refractivity contribution >= 4 is 11.5 Å². The van der Waals surface area contributed by atoms with Gasteiger partial charge in [-0.2, -0.15) is 4.98 Å². The molecule has 5 nitrogen and oxygen atoms in total. The van der Waals surface area contributed by atoms with Crippen LogP contribution in [0.15, 0.2) is 47.0 Å². The zero-order valence-electron chi connectivity index (χ0n) is 15.0. The van der Waals surface area contributed by atoms with Crippen LogP contribution >= 0.6 is 0 Å². The molecule has 0 spiro atoms. The number of hydrogen-bond acceptors (Lipinski definition) is 5. The summed E-state index contributed by atoms with van der Waals surface area (Å²) in [4.78, 5) is 16.6. The maximum absolute atomic E-state index is 13.7. The summed E-state index contributed by atoms with van der Waals surface area (Å²) < 4.78 is 19.0. The zero-order chi connectivity index (χ0) is 19.0. The van der Waals surface area contributed by atoms with Gasteiger partial charge in [-0.25, -0.2) is 4.39 Å². The molecule has 3 aromatic rings. The second kappa shape index (κ2) is 6.95. The maximum atomic E-state index is 13.7. The van der Waals surface area contributed by atoms with Gasteiger partial charge in [0.05, 0.1) is 5.69 Å². The second-order valence-electron chi connectivity index (χ2n) is 6.92. The average Bonchev–Trinajstić information content (AvgIpc) is 3.43. The minimum atomic E-state index is -0.518. The molecule has 4 rings (SSSR count). The third-order valence-electron chi connectivity index (χ3n) is 4.95. The van der Waals surface area contributed by atoms with Crippen LogP contribution in [0.5, 0.6) is 0 Å². The quantitative estimate of drug-likeness (QED) is 0.510. The van der Waals surface area contributed by atoms with E-state index in [1.54, 1.807) is 6.07 Å². The number of carbonyl (C=O) groups excluding carboxylic acids is 1. The molecule has 0 radical (unpaired) electrons. The van der Waals surface area contributed by atoms with E-state index in [1.807, 2.05) is 31.2 Å².